The van der Waals surface area contributed by atoms with Crippen LogP contribution in [0, 0.1) is 5.92 Å². The molecule has 1 aromatic heterocycles. The van der Waals surface area contributed by atoms with Crippen LogP contribution in [-0.4, -0.2) is 41.0 Å². The van der Waals surface area contributed by atoms with Crippen LogP contribution in [-0.2, 0) is 11.3 Å². The second-order valence-corrected chi connectivity index (χ2v) is 7.53. The van der Waals surface area contributed by atoms with Crippen molar-refractivity contribution in [3.8, 4) is 11.5 Å². The molecular formula is C22H20N2O6. The lowest BCUT2D eigenvalue weighted by Gasteiger charge is -2.32. The van der Waals surface area contributed by atoms with E-state index < -0.39 is 5.76 Å². The number of Topliss-reactive ketones (excluding diaryl/α,β-unsaturated/α-hetero) is 1. The van der Waals surface area contributed by atoms with E-state index in [-0.39, 0.29) is 30.9 Å². The highest BCUT2D eigenvalue weighted by atomic mass is 16.7. The molecule has 8 nitrogen and oxygen atoms in total. The third-order valence-electron chi connectivity index (χ3n) is 5.67. The Morgan fingerprint density at radius 1 is 1.07 bits per heavy atom. The van der Waals surface area contributed by atoms with Gasteiger partial charge in [-0.15, -0.1) is 0 Å². The van der Waals surface area contributed by atoms with Gasteiger partial charge in [-0.1, -0.05) is 12.1 Å². The normalized spacial score (nSPS) is 18.0. The van der Waals surface area contributed by atoms with Crippen molar-refractivity contribution in [2.45, 2.75) is 19.4 Å². The number of piperidine rings is 1. The maximum atomic E-state index is 13.0. The second kappa shape index (κ2) is 7.37. The monoisotopic (exact) mass is 408 g/mol. The minimum atomic E-state index is -0.561. The molecule has 5 rings (SSSR count). The number of rotatable bonds is 4. The second-order valence-electron chi connectivity index (χ2n) is 7.53. The van der Waals surface area contributed by atoms with E-state index in [4.69, 9.17) is 13.9 Å². The number of carbonyl (C=O) groups is 2. The zero-order valence-corrected chi connectivity index (χ0v) is 16.2. The minimum Gasteiger partial charge on any atom is -0.454 e. The number of likely N-dealkylation sites (tertiary alicyclic amines) is 1. The molecule has 1 amide bonds. The molecule has 0 spiro atoms. The maximum absolute atomic E-state index is 13.0. The molecular weight excluding hydrogens is 388 g/mol. The molecule has 0 unspecified atom stereocenters. The molecule has 0 aliphatic carbocycles. The van der Waals surface area contributed by atoms with E-state index in [1.54, 1.807) is 47.4 Å². The topological polar surface area (TPSA) is 91.0 Å². The van der Waals surface area contributed by atoms with E-state index in [1.807, 2.05) is 0 Å². The number of benzene rings is 2. The Balaban J connectivity index is 1.31. The lowest BCUT2D eigenvalue weighted by atomic mass is 9.90. The van der Waals surface area contributed by atoms with Crippen molar-refractivity contribution < 1.29 is 23.5 Å². The zero-order chi connectivity index (χ0) is 20.7. The predicted molar refractivity (Wildman–Crippen MR) is 107 cm³/mol. The number of oxazole rings is 1. The molecule has 2 aliphatic heterocycles. The Hall–Kier alpha value is -3.55. The fourth-order valence-electron chi connectivity index (χ4n) is 4.10. The summed E-state index contributed by atoms with van der Waals surface area (Å²) < 4.78 is 17.2. The maximum Gasteiger partial charge on any atom is 0.420 e. The highest BCUT2D eigenvalue weighted by molar-refractivity contribution is 5.99. The Morgan fingerprint density at radius 2 is 1.90 bits per heavy atom. The largest absolute Gasteiger partial charge is 0.454 e. The number of nitrogens with zero attached hydrogens (tertiary/aromatic N) is 2. The van der Waals surface area contributed by atoms with E-state index in [2.05, 4.69) is 0 Å². The number of aromatic nitrogens is 1. The van der Waals surface area contributed by atoms with E-state index in [0.29, 0.717) is 47.7 Å². The van der Waals surface area contributed by atoms with Crippen molar-refractivity contribution in [1.29, 1.82) is 0 Å². The third-order valence-corrected chi connectivity index (χ3v) is 5.67. The van der Waals surface area contributed by atoms with Gasteiger partial charge in [-0.05, 0) is 43.2 Å². The van der Waals surface area contributed by atoms with Crippen molar-refractivity contribution in [2.24, 2.45) is 5.92 Å². The number of amides is 1. The summed E-state index contributed by atoms with van der Waals surface area (Å²) in [7, 11) is 0. The van der Waals surface area contributed by atoms with Gasteiger partial charge in [0.25, 0.3) is 0 Å². The molecule has 2 aliphatic rings. The van der Waals surface area contributed by atoms with Gasteiger partial charge in [0.2, 0.25) is 12.7 Å². The standard InChI is InChI=1S/C22H20N2O6/c25-20(12-24-16-5-1-2-6-17(16)30-22(24)27)23-9-3-4-15(11-23)21(26)14-7-8-18-19(10-14)29-13-28-18/h1-2,5-8,10,15H,3-4,9,11-13H2/t15-/m0/s1. The first-order valence-corrected chi connectivity index (χ1v) is 9.90. The van der Waals surface area contributed by atoms with Crippen LogP contribution in [0.25, 0.3) is 11.1 Å². The van der Waals surface area contributed by atoms with Crippen LogP contribution < -0.4 is 15.2 Å². The molecule has 1 atom stereocenters. The molecule has 154 valence electrons. The predicted octanol–water partition coefficient (Wildman–Crippen LogP) is 2.44. The number of ketones is 1. The Bertz CT molecular complexity index is 1190. The van der Waals surface area contributed by atoms with Crippen LogP contribution >= 0.6 is 0 Å². The van der Waals surface area contributed by atoms with Gasteiger partial charge >= 0.3 is 5.76 Å². The molecule has 1 saturated heterocycles. The van der Waals surface area contributed by atoms with Crippen LogP contribution in [0.1, 0.15) is 23.2 Å². The summed E-state index contributed by atoms with van der Waals surface area (Å²) in [5, 5.41) is 0. The highest BCUT2D eigenvalue weighted by Gasteiger charge is 2.30. The van der Waals surface area contributed by atoms with Gasteiger partial charge in [0, 0.05) is 24.6 Å². The first kappa shape index (κ1) is 18.5. The van der Waals surface area contributed by atoms with E-state index >= 15 is 0 Å². The fourth-order valence-corrected chi connectivity index (χ4v) is 4.10. The van der Waals surface area contributed by atoms with Gasteiger partial charge in [0.15, 0.2) is 22.9 Å². The summed E-state index contributed by atoms with van der Waals surface area (Å²) >= 11 is 0. The molecule has 30 heavy (non-hydrogen) atoms. The Kier molecular flexibility index (Phi) is 4.54. The quantitative estimate of drug-likeness (QED) is 0.616. The molecule has 3 aromatic rings. The summed E-state index contributed by atoms with van der Waals surface area (Å²) in [4.78, 5) is 39.7. The zero-order valence-electron chi connectivity index (χ0n) is 16.2. The molecule has 1 fully saturated rings. The summed E-state index contributed by atoms with van der Waals surface area (Å²) in [5.74, 6) is 0.125. The van der Waals surface area contributed by atoms with Crippen LogP contribution in [0.2, 0.25) is 0 Å². The molecule has 0 N–H and O–H groups in total. The van der Waals surface area contributed by atoms with E-state index in [1.165, 1.54) is 4.57 Å². The summed E-state index contributed by atoms with van der Waals surface area (Å²) in [6, 6.07) is 12.2. The van der Waals surface area contributed by atoms with Gasteiger partial charge in [-0.25, -0.2) is 4.79 Å². The van der Waals surface area contributed by atoms with Crippen molar-refractivity contribution in [1.82, 2.24) is 9.47 Å². The molecule has 0 radical (unpaired) electrons. The van der Waals surface area contributed by atoms with Gasteiger partial charge < -0.3 is 18.8 Å². The van der Waals surface area contributed by atoms with Crippen LogP contribution in [0.5, 0.6) is 11.5 Å². The van der Waals surface area contributed by atoms with Crippen LogP contribution in [0.15, 0.2) is 51.7 Å². The van der Waals surface area contributed by atoms with E-state index in [9.17, 15) is 14.4 Å². The van der Waals surface area contributed by atoms with E-state index in [0.717, 1.165) is 6.42 Å². The van der Waals surface area contributed by atoms with Gasteiger partial charge in [-0.2, -0.15) is 0 Å². The fraction of sp³-hybridized carbons (Fsp3) is 0.318. The molecule has 0 bridgehead atoms. The number of hydrogen-bond donors (Lipinski definition) is 0. The highest BCUT2D eigenvalue weighted by Crippen LogP contribution is 2.34. The number of para-hydroxylation sites is 2. The number of ether oxygens (including phenoxy) is 2. The molecule has 2 aromatic carbocycles. The van der Waals surface area contributed by atoms with Crippen molar-refractivity contribution >= 4 is 22.8 Å². The SMILES string of the molecule is O=C(c1ccc2c(c1)OCO2)[C@H]1CCCN(C(=O)Cn2c(=O)oc3ccccc32)C1. The summed E-state index contributed by atoms with van der Waals surface area (Å²) in [5.41, 5.74) is 1.58. The first-order chi connectivity index (χ1) is 14.6. The van der Waals surface area contributed by atoms with Crippen LogP contribution in [0.4, 0.5) is 0 Å². The van der Waals surface area contributed by atoms with Crippen molar-refractivity contribution in [2.75, 3.05) is 19.9 Å². The lowest BCUT2D eigenvalue weighted by molar-refractivity contribution is -0.133. The summed E-state index contributed by atoms with van der Waals surface area (Å²) in [6.07, 6.45) is 1.44. The first-order valence-electron chi connectivity index (χ1n) is 9.90. The molecule has 3 heterocycles. The van der Waals surface area contributed by atoms with Crippen molar-refractivity contribution in [3.05, 3.63) is 58.6 Å². The smallest absolute Gasteiger partial charge is 0.420 e. The number of fused-ring (bicyclic) bond motifs is 2. The molecule has 0 saturated carbocycles. The minimum absolute atomic E-state index is 0.0169. The Morgan fingerprint density at radius 3 is 2.80 bits per heavy atom. The van der Waals surface area contributed by atoms with Crippen molar-refractivity contribution in [3.63, 3.8) is 0 Å². The lowest BCUT2D eigenvalue weighted by Crippen LogP contribution is -2.44. The van der Waals surface area contributed by atoms with Crippen LogP contribution in [0.3, 0.4) is 0 Å². The average Bonchev–Trinajstić information content (AvgIpc) is 3.37. The van der Waals surface area contributed by atoms with Gasteiger partial charge in [-0.3, -0.25) is 14.2 Å². The Labute approximate surface area is 171 Å². The average molecular weight is 408 g/mol. The summed E-state index contributed by atoms with van der Waals surface area (Å²) in [6.45, 7) is 0.937. The molecule has 8 heteroatoms. The van der Waals surface area contributed by atoms with Gasteiger partial charge in [0.1, 0.15) is 6.54 Å². The number of hydrogen-bond acceptors (Lipinski definition) is 6. The number of carbonyl (C=O) groups excluding carboxylic acids is 2. The van der Waals surface area contributed by atoms with Gasteiger partial charge in [0.05, 0.1) is 5.52 Å². The third kappa shape index (κ3) is 3.24.